The minimum absolute atomic E-state index is 1.05. The smallest absolute Gasteiger partial charge is 0.0181 e. The van der Waals surface area contributed by atoms with Gasteiger partial charge in [-0.1, -0.05) is 79.4 Å². The maximum absolute atomic E-state index is 4.26. The normalized spacial score (nSPS) is 13.9. The standard InChI is InChI=1S/C24H24/c1-5-6-18(3)19(4)21-11-12-24-16-22(13-14-23(24)15-21)20-9-7-17(2)8-10-20/h5-10,13-16H,1,4,11-12H2,2-3H3/b18-6-. The van der Waals surface area contributed by atoms with E-state index in [1.54, 1.807) is 0 Å². The van der Waals surface area contributed by atoms with Gasteiger partial charge in [-0.25, -0.2) is 0 Å². The molecule has 24 heavy (non-hydrogen) atoms. The lowest BCUT2D eigenvalue weighted by molar-refractivity contribution is 0.937. The minimum atomic E-state index is 1.05. The van der Waals surface area contributed by atoms with Gasteiger partial charge in [0.2, 0.25) is 0 Å². The molecule has 0 aromatic heterocycles. The number of hydrogen-bond acceptors (Lipinski definition) is 0. The summed E-state index contributed by atoms with van der Waals surface area (Å²) in [7, 11) is 0. The highest BCUT2D eigenvalue weighted by molar-refractivity contribution is 5.72. The second-order valence-electron chi connectivity index (χ2n) is 6.51. The first-order valence-corrected chi connectivity index (χ1v) is 8.48. The Hall–Kier alpha value is -2.60. The molecule has 0 heteroatoms. The van der Waals surface area contributed by atoms with E-state index in [1.165, 1.54) is 39.0 Å². The van der Waals surface area contributed by atoms with Crippen molar-refractivity contribution in [1.29, 1.82) is 0 Å². The van der Waals surface area contributed by atoms with Crippen molar-refractivity contribution in [3.05, 3.63) is 101 Å². The Balaban J connectivity index is 1.91. The molecule has 1 aliphatic rings. The minimum Gasteiger partial charge on any atom is -0.0991 e. The van der Waals surface area contributed by atoms with Crippen molar-refractivity contribution in [2.24, 2.45) is 0 Å². The maximum atomic E-state index is 4.26. The Morgan fingerprint density at radius 3 is 2.42 bits per heavy atom. The SMILES string of the molecule is C=C/C=C(/C)C(=C)C1=Cc2ccc(-c3ccc(C)cc3)cc2CC1. The highest BCUT2D eigenvalue weighted by Gasteiger charge is 2.14. The molecule has 2 aromatic rings. The third-order valence-corrected chi connectivity index (χ3v) is 4.75. The number of allylic oxidation sites excluding steroid dienone is 5. The zero-order valence-corrected chi connectivity index (χ0v) is 14.6. The van der Waals surface area contributed by atoms with E-state index < -0.39 is 0 Å². The first-order chi connectivity index (χ1) is 11.6. The molecule has 0 heterocycles. The third-order valence-electron chi connectivity index (χ3n) is 4.75. The van der Waals surface area contributed by atoms with Gasteiger partial charge in [0.1, 0.15) is 0 Å². The van der Waals surface area contributed by atoms with Crippen molar-refractivity contribution in [1.82, 2.24) is 0 Å². The van der Waals surface area contributed by atoms with Crippen LogP contribution in [0.25, 0.3) is 17.2 Å². The molecule has 1 aliphatic carbocycles. The summed E-state index contributed by atoms with van der Waals surface area (Å²) in [4.78, 5) is 0. The predicted octanol–water partition coefficient (Wildman–Crippen LogP) is 6.68. The van der Waals surface area contributed by atoms with E-state index >= 15 is 0 Å². The Morgan fingerprint density at radius 1 is 1.00 bits per heavy atom. The fourth-order valence-corrected chi connectivity index (χ4v) is 3.19. The zero-order chi connectivity index (χ0) is 17.1. The average molecular weight is 312 g/mol. The highest BCUT2D eigenvalue weighted by atomic mass is 14.2. The lowest BCUT2D eigenvalue weighted by Crippen LogP contribution is -2.02. The molecule has 0 unspecified atom stereocenters. The first kappa shape index (κ1) is 16.3. The molecule has 0 nitrogen and oxygen atoms in total. The molecule has 0 radical (unpaired) electrons. The molecule has 0 saturated carbocycles. The summed E-state index contributed by atoms with van der Waals surface area (Å²) < 4.78 is 0. The van der Waals surface area contributed by atoms with Gasteiger partial charge in [0.15, 0.2) is 0 Å². The number of hydrogen-bond donors (Lipinski definition) is 0. The van der Waals surface area contributed by atoms with Gasteiger partial charge in [0.05, 0.1) is 0 Å². The lowest BCUT2D eigenvalue weighted by atomic mass is 9.85. The van der Waals surface area contributed by atoms with Crippen LogP contribution in [0, 0.1) is 6.92 Å². The summed E-state index contributed by atoms with van der Waals surface area (Å²) in [5, 5.41) is 0. The van der Waals surface area contributed by atoms with E-state index in [1.807, 2.05) is 12.2 Å². The third kappa shape index (κ3) is 3.33. The van der Waals surface area contributed by atoms with Crippen molar-refractivity contribution in [3.8, 4) is 11.1 Å². The van der Waals surface area contributed by atoms with Crippen LogP contribution >= 0.6 is 0 Å². The number of benzene rings is 2. The fraction of sp³-hybridized carbons (Fsp3) is 0.167. The van der Waals surface area contributed by atoms with Crippen LogP contribution in [0.3, 0.4) is 0 Å². The van der Waals surface area contributed by atoms with Gasteiger partial charge in [0, 0.05) is 0 Å². The summed E-state index contributed by atoms with van der Waals surface area (Å²) in [5.41, 5.74) is 10.3. The van der Waals surface area contributed by atoms with E-state index in [4.69, 9.17) is 0 Å². The van der Waals surface area contributed by atoms with Gasteiger partial charge in [-0.15, -0.1) is 0 Å². The molecular formula is C24H24. The van der Waals surface area contributed by atoms with Gasteiger partial charge >= 0.3 is 0 Å². The Labute approximate surface area is 145 Å². The van der Waals surface area contributed by atoms with Crippen LogP contribution in [0.5, 0.6) is 0 Å². The molecule has 0 spiro atoms. The molecule has 0 bridgehead atoms. The van der Waals surface area contributed by atoms with Crippen molar-refractivity contribution < 1.29 is 0 Å². The van der Waals surface area contributed by atoms with Crippen LogP contribution in [-0.2, 0) is 6.42 Å². The van der Waals surface area contributed by atoms with Crippen LogP contribution in [0.15, 0.2) is 84.5 Å². The molecule has 0 N–H and O–H groups in total. The largest absolute Gasteiger partial charge is 0.0991 e. The van der Waals surface area contributed by atoms with Gasteiger partial charge in [-0.2, -0.15) is 0 Å². The lowest BCUT2D eigenvalue weighted by Gasteiger charge is -2.19. The summed E-state index contributed by atoms with van der Waals surface area (Å²) in [6.07, 6.45) is 8.26. The molecule has 0 amide bonds. The molecule has 0 saturated heterocycles. The fourth-order valence-electron chi connectivity index (χ4n) is 3.19. The summed E-state index contributed by atoms with van der Waals surface area (Å²) in [6.45, 7) is 12.3. The quantitative estimate of drug-likeness (QED) is 0.552. The second-order valence-corrected chi connectivity index (χ2v) is 6.51. The summed E-state index contributed by atoms with van der Waals surface area (Å²) in [5.74, 6) is 0. The van der Waals surface area contributed by atoms with E-state index in [0.29, 0.717) is 0 Å². The van der Waals surface area contributed by atoms with Crippen molar-refractivity contribution in [2.45, 2.75) is 26.7 Å². The molecule has 0 aliphatic heterocycles. The van der Waals surface area contributed by atoms with Crippen molar-refractivity contribution >= 4 is 6.08 Å². The van der Waals surface area contributed by atoms with Gasteiger partial charge in [-0.05, 0) is 65.7 Å². The van der Waals surface area contributed by atoms with Crippen molar-refractivity contribution in [2.75, 3.05) is 0 Å². The van der Waals surface area contributed by atoms with E-state index in [0.717, 1.165) is 18.4 Å². The second kappa shape index (κ2) is 6.88. The van der Waals surface area contributed by atoms with Crippen LogP contribution in [0.2, 0.25) is 0 Å². The van der Waals surface area contributed by atoms with E-state index in [-0.39, 0.29) is 0 Å². The highest BCUT2D eigenvalue weighted by Crippen LogP contribution is 2.33. The molecule has 2 aromatic carbocycles. The van der Waals surface area contributed by atoms with E-state index in [2.05, 4.69) is 75.5 Å². The van der Waals surface area contributed by atoms with Gasteiger partial charge in [0.25, 0.3) is 0 Å². The van der Waals surface area contributed by atoms with Crippen LogP contribution in [-0.4, -0.2) is 0 Å². The topological polar surface area (TPSA) is 0 Å². The molecule has 0 fully saturated rings. The maximum Gasteiger partial charge on any atom is -0.0181 e. The molecule has 120 valence electrons. The first-order valence-electron chi connectivity index (χ1n) is 8.48. The molecule has 3 rings (SSSR count). The van der Waals surface area contributed by atoms with E-state index in [9.17, 15) is 0 Å². The van der Waals surface area contributed by atoms with Crippen LogP contribution < -0.4 is 0 Å². The summed E-state index contributed by atoms with van der Waals surface area (Å²) in [6, 6.07) is 15.5. The van der Waals surface area contributed by atoms with Crippen LogP contribution in [0.4, 0.5) is 0 Å². The Morgan fingerprint density at radius 2 is 1.71 bits per heavy atom. The molecular weight excluding hydrogens is 288 g/mol. The van der Waals surface area contributed by atoms with Crippen molar-refractivity contribution in [3.63, 3.8) is 0 Å². The monoisotopic (exact) mass is 312 g/mol. The van der Waals surface area contributed by atoms with Crippen LogP contribution in [0.1, 0.15) is 30.0 Å². The number of aryl methyl sites for hydroxylation is 2. The predicted molar refractivity (Wildman–Crippen MR) is 106 cm³/mol. The molecule has 0 atom stereocenters. The van der Waals surface area contributed by atoms with Gasteiger partial charge in [-0.3, -0.25) is 0 Å². The van der Waals surface area contributed by atoms with Gasteiger partial charge < -0.3 is 0 Å². The Bertz CT molecular complexity index is 842. The zero-order valence-electron chi connectivity index (χ0n) is 14.6. The summed E-state index contributed by atoms with van der Waals surface area (Å²) >= 11 is 0. The number of fused-ring (bicyclic) bond motifs is 1. The number of rotatable bonds is 4. The average Bonchev–Trinajstić information content (AvgIpc) is 2.61. The Kier molecular flexibility index (Phi) is 4.66.